The van der Waals surface area contributed by atoms with Crippen LogP contribution in [0.1, 0.15) is 27.9 Å². The first kappa shape index (κ1) is 24.3. The average molecular weight is 513 g/mol. The van der Waals surface area contributed by atoms with Crippen LogP contribution in [0.4, 0.5) is 19.0 Å². The van der Waals surface area contributed by atoms with Crippen LogP contribution in [0.3, 0.4) is 0 Å². The van der Waals surface area contributed by atoms with Gasteiger partial charge in [0, 0.05) is 49.0 Å². The topological polar surface area (TPSA) is 136 Å². The van der Waals surface area contributed by atoms with Crippen molar-refractivity contribution in [3.8, 4) is 0 Å². The monoisotopic (exact) mass is 513 g/mol. The van der Waals surface area contributed by atoms with Gasteiger partial charge in [0.25, 0.3) is 5.91 Å². The molecule has 0 saturated carbocycles. The quantitative estimate of drug-likeness (QED) is 0.490. The number of aliphatic imine (C=N–C) groups is 1. The molecule has 37 heavy (non-hydrogen) atoms. The van der Waals surface area contributed by atoms with Gasteiger partial charge in [-0.25, -0.2) is 9.98 Å². The van der Waals surface area contributed by atoms with Gasteiger partial charge in [-0.3, -0.25) is 20.2 Å². The zero-order valence-electron chi connectivity index (χ0n) is 19.2. The molecule has 0 bridgehead atoms. The molecule has 192 valence electrons. The van der Waals surface area contributed by atoms with Crippen LogP contribution in [-0.4, -0.2) is 50.8 Å². The summed E-state index contributed by atoms with van der Waals surface area (Å²) in [7, 11) is 0. The van der Waals surface area contributed by atoms with Gasteiger partial charge in [0.15, 0.2) is 5.66 Å². The van der Waals surface area contributed by atoms with Crippen LogP contribution in [0, 0.1) is 5.92 Å². The van der Waals surface area contributed by atoms with Crippen LogP contribution >= 0.6 is 0 Å². The molecule has 5 N–H and O–H groups in total. The van der Waals surface area contributed by atoms with E-state index in [1.807, 2.05) is 4.90 Å². The number of carboxylic acids is 1. The maximum Gasteiger partial charge on any atom is 0.416 e. The van der Waals surface area contributed by atoms with E-state index >= 15 is 0 Å². The van der Waals surface area contributed by atoms with Gasteiger partial charge in [-0.1, -0.05) is 12.1 Å². The molecule has 5 rings (SSSR count). The van der Waals surface area contributed by atoms with Gasteiger partial charge in [0.05, 0.1) is 17.2 Å². The van der Waals surface area contributed by atoms with Gasteiger partial charge < -0.3 is 20.6 Å². The van der Waals surface area contributed by atoms with Crippen molar-refractivity contribution >= 4 is 23.7 Å². The summed E-state index contributed by atoms with van der Waals surface area (Å²) in [4.78, 5) is 36.3. The van der Waals surface area contributed by atoms with Gasteiger partial charge in [0.2, 0.25) is 5.96 Å². The minimum absolute atomic E-state index is 0.185. The number of pyridine rings is 1. The number of nitrogens with zero attached hydrogens (tertiary/aromatic N) is 4. The summed E-state index contributed by atoms with van der Waals surface area (Å²) in [6, 6.07) is 7.79. The zero-order chi connectivity index (χ0) is 26.4. The first-order chi connectivity index (χ1) is 17.6. The Morgan fingerprint density at radius 2 is 1.97 bits per heavy atom. The molecule has 1 saturated heterocycles. The van der Waals surface area contributed by atoms with Crippen LogP contribution in [0.2, 0.25) is 0 Å². The number of alkyl halides is 3. The lowest BCUT2D eigenvalue weighted by Gasteiger charge is -2.30. The van der Waals surface area contributed by atoms with Crippen LogP contribution in [0.25, 0.3) is 0 Å². The van der Waals surface area contributed by atoms with Crippen LogP contribution in [-0.2, 0) is 16.6 Å². The summed E-state index contributed by atoms with van der Waals surface area (Å²) in [6.07, 6.45) is 2.05. The zero-order valence-corrected chi connectivity index (χ0v) is 19.2. The summed E-state index contributed by atoms with van der Waals surface area (Å²) in [6.45, 7) is 0.817. The molecule has 2 aromatic rings. The molecule has 1 aromatic heterocycles. The van der Waals surface area contributed by atoms with E-state index in [4.69, 9.17) is 10.7 Å². The molecular weight excluding hydrogens is 491 g/mol. The lowest BCUT2D eigenvalue weighted by molar-refractivity contribution is -0.141. The second-order valence-corrected chi connectivity index (χ2v) is 8.79. The summed E-state index contributed by atoms with van der Waals surface area (Å²) in [5.41, 5.74) is 5.86. The molecule has 4 heterocycles. The summed E-state index contributed by atoms with van der Waals surface area (Å²) < 4.78 is 38.8. The average Bonchev–Trinajstić information content (AvgIpc) is 3.48. The molecule has 1 unspecified atom stereocenters. The van der Waals surface area contributed by atoms with Gasteiger partial charge in [-0.2, -0.15) is 13.2 Å². The minimum Gasteiger partial charge on any atom is -0.481 e. The highest BCUT2D eigenvalue weighted by atomic mass is 19.4. The fraction of sp³-hybridized carbons (Fsp3) is 0.250. The highest BCUT2D eigenvalue weighted by Gasteiger charge is 2.46. The Morgan fingerprint density at radius 1 is 1.22 bits per heavy atom. The van der Waals surface area contributed by atoms with Crippen molar-refractivity contribution in [2.24, 2.45) is 16.6 Å². The van der Waals surface area contributed by atoms with Gasteiger partial charge in [-0.05, 0) is 30.7 Å². The fourth-order valence-electron chi connectivity index (χ4n) is 4.45. The second kappa shape index (κ2) is 8.92. The molecule has 2 atom stereocenters. The van der Waals surface area contributed by atoms with Crippen molar-refractivity contribution in [2.45, 2.75) is 18.3 Å². The maximum atomic E-state index is 12.9. The third-order valence-electron chi connectivity index (χ3n) is 6.42. The number of aromatic nitrogens is 1. The van der Waals surface area contributed by atoms with Crippen LogP contribution in [0.15, 0.2) is 71.9 Å². The number of aliphatic carboxylic acids is 1. The summed E-state index contributed by atoms with van der Waals surface area (Å²) in [5.74, 6) is -1.71. The number of guanidine groups is 1. The van der Waals surface area contributed by atoms with Crippen molar-refractivity contribution in [3.63, 3.8) is 0 Å². The molecule has 1 amide bonds. The number of anilines is 1. The van der Waals surface area contributed by atoms with E-state index in [2.05, 4.69) is 15.6 Å². The number of hydrogen-bond acceptors (Lipinski definition) is 8. The standard InChI is InChI=1S/C24H22F3N7O3/c25-24(26,27)17-5-7-30-19(11-17)31-20(35)14-1-3-16(4-2-14)23(28)18-12-29-8-10-34(18)22(32-23)33-9-6-15(13-33)21(36)37/h1-5,7-8,10-12,15,29H,6,9,13,28H2,(H,36,37)(H,30,31,35)/t15-,23?/m1/s1. The Balaban J connectivity index is 1.38. The smallest absolute Gasteiger partial charge is 0.416 e. The molecule has 10 nitrogen and oxygen atoms in total. The number of likely N-dealkylation sites (tertiary alicyclic amines) is 1. The fourth-order valence-corrected chi connectivity index (χ4v) is 4.45. The molecule has 3 aliphatic rings. The number of carbonyl (C=O) groups excluding carboxylic acids is 1. The number of benzene rings is 1. The number of carbonyl (C=O) groups is 2. The Bertz CT molecular complexity index is 1340. The Morgan fingerprint density at radius 3 is 2.65 bits per heavy atom. The number of hydrogen-bond donors (Lipinski definition) is 4. The number of halogens is 3. The summed E-state index contributed by atoms with van der Waals surface area (Å²) in [5, 5.41) is 14.7. The van der Waals surface area contributed by atoms with Gasteiger partial charge in [-0.15, -0.1) is 0 Å². The largest absolute Gasteiger partial charge is 0.481 e. The van der Waals surface area contributed by atoms with Crippen LogP contribution < -0.4 is 16.4 Å². The molecule has 1 aromatic carbocycles. The number of nitrogens with one attached hydrogen (secondary N) is 2. The third-order valence-corrected chi connectivity index (χ3v) is 6.42. The number of nitrogens with two attached hydrogens (primary N) is 1. The second-order valence-electron chi connectivity index (χ2n) is 8.79. The molecule has 3 aliphatic heterocycles. The van der Waals surface area contributed by atoms with Gasteiger partial charge >= 0.3 is 12.1 Å². The first-order valence-corrected chi connectivity index (χ1v) is 11.3. The molecule has 0 spiro atoms. The number of carboxylic acid groups (broad SMARTS) is 1. The van der Waals surface area contributed by atoms with E-state index in [-0.39, 0.29) is 11.4 Å². The highest BCUT2D eigenvalue weighted by molar-refractivity contribution is 6.03. The lowest BCUT2D eigenvalue weighted by atomic mass is 9.96. The van der Waals surface area contributed by atoms with Crippen molar-refractivity contribution < 1.29 is 27.9 Å². The SMILES string of the molecule is NC1(c2ccc(C(=O)Nc3cc(C(F)(F)F)ccn3)cc2)N=C(N2CC[C@@H](C(=O)O)C2)N2C=CNC=C21. The molecule has 1 fully saturated rings. The summed E-state index contributed by atoms with van der Waals surface area (Å²) >= 11 is 0. The predicted molar refractivity (Wildman–Crippen MR) is 126 cm³/mol. The molecule has 0 aliphatic carbocycles. The number of amides is 1. The van der Waals surface area contributed by atoms with E-state index in [9.17, 15) is 27.9 Å². The Hall–Kier alpha value is -4.39. The highest BCUT2D eigenvalue weighted by Crippen LogP contribution is 2.39. The van der Waals surface area contributed by atoms with E-state index in [1.165, 1.54) is 12.1 Å². The minimum atomic E-state index is -4.56. The number of rotatable bonds is 4. The van der Waals surface area contributed by atoms with Crippen molar-refractivity contribution in [1.29, 1.82) is 0 Å². The normalized spacial score (nSPS) is 22.8. The van der Waals surface area contributed by atoms with E-state index in [0.29, 0.717) is 36.7 Å². The number of fused-ring (bicyclic) bond motifs is 1. The first-order valence-electron chi connectivity index (χ1n) is 11.3. The van der Waals surface area contributed by atoms with Crippen molar-refractivity contribution in [3.05, 3.63) is 83.6 Å². The Labute approximate surface area is 209 Å². The van der Waals surface area contributed by atoms with E-state index < -0.39 is 35.2 Å². The van der Waals surface area contributed by atoms with Crippen molar-refractivity contribution in [1.82, 2.24) is 20.1 Å². The van der Waals surface area contributed by atoms with Crippen LogP contribution in [0.5, 0.6) is 0 Å². The van der Waals surface area contributed by atoms with Crippen molar-refractivity contribution in [2.75, 3.05) is 18.4 Å². The molecule has 13 heteroatoms. The van der Waals surface area contributed by atoms with Gasteiger partial charge in [0.1, 0.15) is 5.82 Å². The lowest BCUT2D eigenvalue weighted by Crippen LogP contribution is -2.41. The Kier molecular flexibility index (Phi) is 5.86. The van der Waals surface area contributed by atoms with E-state index in [1.54, 1.807) is 35.6 Å². The maximum absolute atomic E-state index is 12.9. The molecular formula is C24H22F3N7O3. The predicted octanol–water partition coefficient (Wildman–Crippen LogP) is 2.46. The van der Waals surface area contributed by atoms with E-state index in [0.717, 1.165) is 18.3 Å². The molecule has 0 radical (unpaired) electrons. The third kappa shape index (κ3) is 4.48.